The van der Waals surface area contributed by atoms with Gasteiger partial charge in [0.15, 0.2) is 21.3 Å². The van der Waals surface area contributed by atoms with Gasteiger partial charge in [0.25, 0.3) is 5.91 Å². The van der Waals surface area contributed by atoms with Crippen LogP contribution in [-0.4, -0.2) is 48.6 Å². The van der Waals surface area contributed by atoms with Gasteiger partial charge in [-0.1, -0.05) is 17.7 Å². The maximum absolute atomic E-state index is 12.3. The SMILES string of the molecule is CCN(c1ccc(C(=O)Nc2ccc(C)cc2)nn1)C1CCS(=O)(=O)C1. The van der Waals surface area contributed by atoms with Gasteiger partial charge in [0.05, 0.1) is 11.5 Å². The van der Waals surface area contributed by atoms with Crippen molar-refractivity contribution in [2.75, 3.05) is 28.3 Å². The Bertz CT molecular complexity index is 880. The highest BCUT2D eigenvalue weighted by molar-refractivity contribution is 7.91. The number of sulfone groups is 1. The number of hydrogen-bond donors (Lipinski definition) is 1. The molecule has 0 bridgehead atoms. The van der Waals surface area contributed by atoms with Crippen molar-refractivity contribution < 1.29 is 13.2 Å². The van der Waals surface area contributed by atoms with Crippen molar-refractivity contribution in [1.82, 2.24) is 10.2 Å². The van der Waals surface area contributed by atoms with Gasteiger partial charge in [-0.25, -0.2) is 8.42 Å². The van der Waals surface area contributed by atoms with Crippen LogP contribution in [0.15, 0.2) is 36.4 Å². The maximum Gasteiger partial charge on any atom is 0.276 e. The first-order chi connectivity index (χ1) is 12.4. The largest absolute Gasteiger partial charge is 0.351 e. The summed E-state index contributed by atoms with van der Waals surface area (Å²) in [5.41, 5.74) is 2.02. The number of nitrogens with zero attached hydrogens (tertiary/aromatic N) is 3. The number of nitrogens with one attached hydrogen (secondary N) is 1. The molecule has 0 radical (unpaired) electrons. The molecule has 2 aromatic rings. The van der Waals surface area contributed by atoms with Crippen LogP contribution < -0.4 is 10.2 Å². The van der Waals surface area contributed by atoms with Gasteiger partial charge in [0, 0.05) is 18.3 Å². The summed E-state index contributed by atoms with van der Waals surface area (Å²) in [4.78, 5) is 14.2. The van der Waals surface area contributed by atoms with Gasteiger partial charge in [-0.05, 0) is 44.5 Å². The number of carbonyl (C=O) groups is 1. The average Bonchev–Trinajstić information content (AvgIpc) is 2.98. The quantitative estimate of drug-likeness (QED) is 0.861. The molecule has 138 valence electrons. The molecule has 2 heterocycles. The fourth-order valence-corrected chi connectivity index (χ4v) is 4.79. The van der Waals surface area contributed by atoms with Crippen molar-refractivity contribution in [2.24, 2.45) is 0 Å². The van der Waals surface area contributed by atoms with E-state index in [4.69, 9.17) is 0 Å². The van der Waals surface area contributed by atoms with Gasteiger partial charge in [-0.2, -0.15) is 0 Å². The van der Waals surface area contributed by atoms with Crippen molar-refractivity contribution in [3.8, 4) is 0 Å². The third-order valence-corrected chi connectivity index (χ3v) is 6.23. The molecule has 1 N–H and O–H groups in total. The fourth-order valence-electron chi connectivity index (χ4n) is 3.06. The van der Waals surface area contributed by atoms with Crippen LogP contribution >= 0.6 is 0 Å². The molecule has 1 amide bonds. The summed E-state index contributed by atoms with van der Waals surface area (Å²) in [7, 11) is -2.97. The third kappa shape index (κ3) is 4.19. The predicted molar refractivity (Wildman–Crippen MR) is 101 cm³/mol. The smallest absolute Gasteiger partial charge is 0.276 e. The van der Waals surface area contributed by atoms with Gasteiger partial charge >= 0.3 is 0 Å². The molecule has 1 fully saturated rings. The van der Waals surface area contributed by atoms with Crippen LogP contribution in [0.1, 0.15) is 29.4 Å². The van der Waals surface area contributed by atoms with E-state index < -0.39 is 9.84 Å². The maximum atomic E-state index is 12.3. The van der Waals surface area contributed by atoms with Crippen LogP contribution in [0.25, 0.3) is 0 Å². The normalized spacial score (nSPS) is 18.5. The van der Waals surface area contributed by atoms with Crippen LogP contribution in [0.2, 0.25) is 0 Å². The first-order valence-electron chi connectivity index (χ1n) is 8.57. The summed E-state index contributed by atoms with van der Waals surface area (Å²) in [5.74, 6) is 0.595. The molecule has 1 aromatic carbocycles. The van der Waals surface area contributed by atoms with Crippen LogP contribution in [0.4, 0.5) is 11.5 Å². The standard InChI is InChI=1S/C18H22N4O3S/c1-3-22(15-10-11-26(24,25)12-15)17-9-8-16(20-21-17)18(23)19-14-6-4-13(2)5-7-14/h4-9,15H,3,10-12H2,1-2H3,(H,19,23). The molecular weight excluding hydrogens is 352 g/mol. The molecule has 8 heteroatoms. The molecule has 0 saturated carbocycles. The molecule has 0 spiro atoms. The third-order valence-electron chi connectivity index (χ3n) is 4.48. The first-order valence-corrected chi connectivity index (χ1v) is 10.4. The van der Waals surface area contributed by atoms with Gasteiger partial charge in [0.1, 0.15) is 0 Å². The Morgan fingerprint density at radius 3 is 2.46 bits per heavy atom. The van der Waals surface area contributed by atoms with Crippen molar-refractivity contribution >= 4 is 27.2 Å². The van der Waals surface area contributed by atoms with E-state index in [2.05, 4.69) is 15.5 Å². The minimum atomic E-state index is -2.97. The number of hydrogen-bond acceptors (Lipinski definition) is 6. The van der Waals surface area contributed by atoms with E-state index in [1.807, 2.05) is 43.0 Å². The van der Waals surface area contributed by atoms with E-state index in [0.717, 1.165) is 5.56 Å². The lowest BCUT2D eigenvalue weighted by atomic mass is 10.2. The highest BCUT2D eigenvalue weighted by atomic mass is 32.2. The van der Waals surface area contributed by atoms with Gasteiger partial charge in [0.2, 0.25) is 0 Å². The van der Waals surface area contributed by atoms with E-state index in [0.29, 0.717) is 24.5 Å². The molecule has 1 unspecified atom stereocenters. The van der Waals surface area contributed by atoms with Crippen LogP contribution in [0, 0.1) is 6.92 Å². The Balaban J connectivity index is 1.70. The summed E-state index contributed by atoms with van der Waals surface area (Å²) in [5, 5.41) is 10.9. The summed E-state index contributed by atoms with van der Waals surface area (Å²) < 4.78 is 23.4. The Morgan fingerprint density at radius 2 is 1.92 bits per heavy atom. The minimum Gasteiger partial charge on any atom is -0.351 e. The monoisotopic (exact) mass is 374 g/mol. The van der Waals surface area contributed by atoms with E-state index in [9.17, 15) is 13.2 Å². The Morgan fingerprint density at radius 1 is 1.19 bits per heavy atom. The van der Waals surface area contributed by atoms with Crippen molar-refractivity contribution in [1.29, 1.82) is 0 Å². The number of anilines is 2. The molecule has 1 aliphatic rings. The highest BCUT2D eigenvalue weighted by Gasteiger charge is 2.32. The fraction of sp³-hybridized carbons (Fsp3) is 0.389. The lowest BCUT2D eigenvalue weighted by Gasteiger charge is -2.27. The molecule has 1 aromatic heterocycles. The average molecular weight is 374 g/mol. The van der Waals surface area contributed by atoms with E-state index >= 15 is 0 Å². The first kappa shape index (κ1) is 18.3. The van der Waals surface area contributed by atoms with Gasteiger partial charge in [-0.15, -0.1) is 10.2 Å². The Labute approximate surface area is 153 Å². The number of aromatic nitrogens is 2. The number of amides is 1. The molecule has 3 rings (SSSR count). The van der Waals surface area contributed by atoms with Crippen molar-refractivity contribution in [3.05, 3.63) is 47.7 Å². The highest BCUT2D eigenvalue weighted by Crippen LogP contribution is 2.22. The second-order valence-electron chi connectivity index (χ2n) is 6.44. The van der Waals surface area contributed by atoms with E-state index in [-0.39, 0.29) is 29.1 Å². The zero-order valence-electron chi connectivity index (χ0n) is 14.8. The number of aryl methyl sites for hydroxylation is 1. The van der Waals surface area contributed by atoms with Crippen molar-refractivity contribution in [2.45, 2.75) is 26.3 Å². The zero-order chi connectivity index (χ0) is 18.7. The number of rotatable bonds is 5. The Hall–Kier alpha value is -2.48. The summed E-state index contributed by atoms with van der Waals surface area (Å²) >= 11 is 0. The predicted octanol–water partition coefficient (Wildman–Crippen LogP) is 2.05. The summed E-state index contributed by atoms with van der Waals surface area (Å²) in [6.45, 7) is 4.55. The minimum absolute atomic E-state index is 0.0912. The van der Waals surface area contributed by atoms with E-state index in [1.54, 1.807) is 12.1 Å². The molecule has 1 saturated heterocycles. The van der Waals surface area contributed by atoms with Crippen LogP contribution in [0.3, 0.4) is 0 Å². The van der Waals surface area contributed by atoms with Gasteiger partial charge < -0.3 is 10.2 Å². The van der Waals surface area contributed by atoms with Crippen LogP contribution in [0.5, 0.6) is 0 Å². The summed E-state index contributed by atoms with van der Waals surface area (Å²) in [6, 6.07) is 10.7. The molecule has 0 aliphatic carbocycles. The second-order valence-corrected chi connectivity index (χ2v) is 8.67. The van der Waals surface area contributed by atoms with Crippen molar-refractivity contribution in [3.63, 3.8) is 0 Å². The lowest BCUT2D eigenvalue weighted by Crippen LogP contribution is -2.37. The second kappa shape index (κ2) is 7.41. The molecule has 26 heavy (non-hydrogen) atoms. The number of benzene rings is 1. The van der Waals surface area contributed by atoms with Crippen LogP contribution in [-0.2, 0) is 9.84 Å². The topological polar surface area (TPSA) is 92.3 Å². The molecule has 1 atom stereocenters. The van der Waals surface area contributed by atoms with Gasteiger partial charge in [-0.3, -0.25) is 4.79 Å². The van der Waals surface area contributed by atoms with E-state index in [1.165, 1.54) is 0 Å². The summed E-state index contributed by atoms with van der Waals surface area (Å²) in [6.07, 6.45) is 0.591. The molecule has 1 aliphatic heterocycles. The zero-order valence-corrected chi connectivity index (χ0v) is 15.7. The lowest BCUT2D eigenvalue weighted by molar-refractivity contribution is 0.102. The molecular formula is C18H22N4O3S. The molecule has 7 nitrogen and oxygen atoms in total. The Kier molecular flexibility index (Phi) is 5.22. The number of carbonyl (C=O) groups excluding carboxylic acids is 1.